The molecule has 0 spiro atoms. The molecule has 0 unspecified atom stereocenters. The number of allylic oxidation sites excluding steroid dienone is 1. The van der Waals surface area contributed by atoms with Gasteiger partial charge in [-0.3, -0.25) is 4.90 Å². The van der Waals surface area contributed by atoms with E-state index in [0.717, 1.165) is 38.3 Å². The molecular weight excluding hydrogens is 262 g/mol. The molecule has 1 atom stereocenters. The number of phenolic OH excluding ortho intramolecular Hbond substituents is 1. The first-order valence-corrected chi connectivity index (χ1v) is 6.87. The average molecular weight is 282 g/mol. The van der Waals surface area contributed by atoms with Crippen LogP contribution in [-0.2, 0) is 0 Å². The standard InChI is InChI=1S/C15H20F2N2O/c1-2-3-4-13(19-9-7-18-8-10-19)14-11(16)5-6-12(17)15(14)20/h2,5-6,13,18,20H,1,3-4,7-10H2/t13-/m0/s1. The molecule has 1 aliphatic heterocycles. The van der Waals surface area contributed by atoms with E-state index in [0.29, 0.717) is 12.8 Å². The number of nitrogens with one attached hydrogen (secondary N) is 1. The molecular formula is C15H20F2N2O. The summed E-state index contributed by atoms with van der Waals surface area (Å²) in [5.41, 5.74) is 0.0637. The van der Waals surface area contributed by atoms with Crippen LogP contribution < -0.4 is 5.32 Å². The van der Waals surface area contributed by atoms with Crippen LogP contribution in [0.1, 0.15) is 24.4 Å². The van der Waals surface area contributed by atoms with Crippen LogP contribution in [0.4, 0.5) is 8.78 Å². The number of phenols is 1. The van der Waals surface area contributed by atoms with Crippen molar-refractivity contribution < 1.29 is 13.9 Å². The van der Waals surface area contributed by atoms with Gasteiger partial charge in [-0.15, -0.1) is 6.58 Å². The van der Waals surface area contributed by atoms with Gasteiger partial charge in [0.05, 0.1) is 0 Å². The molecule has 2 rings (SSSR count). The molecule has 0 aliphatic carbocycles. The van der Waals surface area contributed by atoms with Crippen molar-refractivity contribution >= 4 is 0 Å². The maximum atomic E-state index is 14.1. The third kappa shape index (κ3) is 3.16. The fraction of sp³-hybridized carbons (Fsp3) is 0.467. The highest BCUT2D eigenvalue weighted by Gasteiger charge is 2.28. The van der Waals surface area contributed by atoms with E-state index in [1.807, 2.05) is 0 Å². The van der Waals surface area contributed by atoms with Crippen molar-refractivity contribution in [3.05, 3.63) is 42.0 Å². The third-order valence-electron chi connectivity index (χ3n) is 3.68. The molecule has 20 heavy (non-hydrogen) atoms. The summed E-state index contributed by atoms with van der Waals surface area (Å²) >= 11 is 0. The quantitative estimate of drug-likeness (QED) is 0.815. The van der Waals surface area contributed by atoms with Gasteiger partial charge in [-0.05, 0) is 25.0 Å². The van der Waals surface area contributed by atoms with E-state index >= 15 is 0 Å². The maximum Gasteiger partial charge on any atom is 0.165 e. The lowest BCUT2D eigenvalue weighted by molar-refractivity contribution is 0.159. The lowest BCUT2D eigenvalue weighted by Crippen LogP contribution is -2.45. The van der Waals surface area contributed by atoms with Crippen molar-refractivity contribution in [3.8, 4) is 5.75 Å². The Balaban J connectivity index is 2.34. The normalized spacial score (nSPS) is 17.9. The zero-order valence-electron chi connectivity index (χ0n) is 11.4. The highest BCUT2D eigenvalue weighted by molar-refractivity contribution is 5.37. The van der Waals surface area contributed by atoms with Crippen LogP contribution in [0.25, 0.3) is 0 Å². The highest BCUT2D eigenvalue weighted by Crippen LogP contribution is 2.36. The number of hydrogen-bond acceptors (Lipinski definition) is 3. The Labute approximate surface area is 117 Å². The zero-order chi connectivity index (χ0) is 14.5. The second-order valence-electron chi connectivity index (χ2n) is 4.96. The maximum absolute atomic E-state index is 14.1. The van der Waals surface area contributed by atoms with Crippen molar-refractivity contribution in [1.82, 2.24) is 10.2 Å². The summed E-state index contributed by atoms with van der Waals surface area (Å²) in [6.07, 6.45) is 3.05. The fourth-order valence-corrected chi connectivity index (χ4v) is 2.65. The minimum Gasteiger partial charge on any atom is -0.505 e. The van der Waals surface area contributed by atoms with Crippen LogP contribution in [-0.4, -0.2) is 36.2 Å². The van der Waals surface area contributed by atoms with E-state index in [9.17, 15) is 13.9 Å². The van der Waals surface area contributed by atoms with Crippen LogP contribution >= 0.6 is 0 Å². The molecule has 0 saturated carbocycles. The van der Waals surface area contributed by atoms with Gasteiger partial charge in [0, 0.05) is 37.8 Å². The molecule has 0 amide bonds. The summed E-state index contributed by atoms with van der Waals surface area (Å²) < 4.78 is 27.6. The molecule has 1 aliphatic rings. The monoisotopic (exact) mass is 282 g/mol. The van der Waals surface area contributed by atoms with E-state index < -0.39 is 17.4 Å². The number of piperazine rings is 1. The molecule has 3 nitrogen and oxygen atoms in total. The largest absolute Gasteiger partial charge is 0.505 e. The van der Waals surface area contributed by atoms with Gasteiger partial charge in [0.25, 0.3) is 0 Å². The lowest BCUT2D eigenvalue weighted by Gasteiger charge is -2.35. The van der Waals surface area contributed by atoms with Crippen LogP contribution in [0.2, 0.25) is 0 Å². The minimum atomic E-state index is -0.778. The first-order chi connectivity index (χ1) is 9.65. The van der Waals surface area contributed by atoms with Crippen molar-refractivity contribution in [1.29, 1.82) is 0 Å². The molecule has 0 aromatic heterocycles. The van der Waals surface area contributed by atoms with Crippen molar-refractivity contribution in [2.24, 2.45) is 0 Å². The van der Waals surface area contributed by atoms with Crippen molar-refractivity contribution in [3.63, 3.8) is 0 Å². The van der Waals surface area contributed by atoms with E-state index in [1.54, 1.807) is 6.08 Å². The van der Waals surface area contributed by atoms with Gasteiger partial charge in [0.1, 0.15) is 5.82 Å². The average Bonchev–Trinajstić information content (AvgIpc) is 2.47. The van der Waals surface area contributed by atoms with Crippen LogP contribution in [0.15, 0.2) is 24.8 Å². The first-order valence-electron chi connectivity index (χ1n) is 6.87. The number of benzene rings is 1. The number of rotatable bonds is 5. The second kappa shape index (κ2) is 6.81. The molecule has 1 aromatic rings. The van der Waals surface area contributed by atoms with Gasteiger partial charge < -0.3 is 10.4 Å². The summed E-state index contributed by atoms with van der Waals surface area (Å²) in [5, 5.41) is 13.1. The summed E-state index contributed by atoms with van der Waals surface area (Å²) in [5.74, 6) is -1.91. The van der Waals surface area contributed by atoms with Gasteiger partial charge in [-0.25, -0.2) is 8.78 Å². The van der Waals surface area contributed by atoms with E-state index in [2.05, 4.69) is 16.8 Å². The molecule has 5 heteroatoms. The predicted octanol–water partition coefficient (Wildman–Crippen LogP) is 2.58. The first kappa shape index (κ1) is 14.9. The molecule has 110 valence electrons. The van der Waals surface area contributed by atoms with E-state index in [-0.39, 0.29) is 11.6 Å². The van der Waals surface area contributed by atoms with Crippen molar-refractivity contribution in [2.45, 2.75) is 18.9 Å². The molecule has 1 saturated heterocycles. The fourth-order valence-electron chi connectivity index (χ4n) is 2.65. The van der Waals surface area contributed by atoms with Gasteiger partial charge in [-0.2, -0.15) is 0 Å². The molecule has 2 N–H and O–H groups in total. The second-order valence-corrected chi connectivity index (χ2v) is 4.96. The summed E-state index contributed by atoms with van der Waals surface area (Å²) in [7, 11) is 0. The van der Waals surface area contributed by atoms with Gasteiger partial charge >= 0.3 is 0 Å². The van der Waals surface area contributed by atoms with Gasteiger partial charge in [0.15, 0.2) is 11.6 Å². The smallest absolute Gasteiger partial charge is 0.165 e. The van der Waals surface area contributed by atoms with E-state index in [4.69, 9.17) is 0 Å². The Morgan fingerprint density at radius 1 is 1.30 bits per heavy atom. The van der Waals surface area contributed by atoms with Crippen LogP contribution in [0.5, 0.6) is 5.75 Å². The zero-order valence-corrected chi connectivity index (χ0v) is 11.4. The Bertz CT molecular complexity index is 473. The van der Waals surface area contributed by atoms with Gasteiger partial charge in [0.2, 0.25) is 0 Å². The summed E-state index contributed by atoms with van der Waals surface area (Å²) in [6, 6.07) is 1.70. The summed E-state index contributed by atoms with van der Waals surface area (Å²) in [6.45, 7) is 6.78. The lowest BCUT2D eigenvalue weighted by atomic mass is 9.97. The number of halogens is 2. The Morgan fingerprint density at radius 3 is 2.60 bits per heavy atom. The molecule has 0 radical (unpaired) electrons. The van der Waals surface area contributed by atoms with Crippen molar-refractivity contribution in [2.75, 3.05) is 26.2 Å². The highest BCUT2D eigenvalue weighted by atomic mass is 19.1. The summed E-state index contributed by atoms with van der Waals surface area (Å²) in [4.78, 5) is 2.08. The van der Waals surface area contributed by atoms with Crippen LogP contribution in [0, 0.1) is 11.6 Å². The third-order valence-corrected chi connectivity index (χ3v) is 3.68. The number of aromatic hydroxyl groups is 1. The number of hydrogen-bond donors (Lipinski definition) is 2. The molecule has 1 heterocycles. The molecule has 1 aromatic carbocycles. The Kier molecular flexibility index (Phi) is 5.09. The minimum absolute atomic E-state index is 0.0637. The Morgan fingerprint density at radius 2 is 1.95 bits per heavy atom. The Hall–Kier alpha value is -1.46. The number of nitrogens with zero attached hydrogens (tertiary/aromatic N) is 1. The predicted molar refractivity (Wildman–Crippen MR) is 74.6 cm³/mol. The SMILES string of the molecule is C=CCC[C@@H](c1c(F)ccc(F)c1O)N1CCNCC1. The topological polar surface area (TPSA) is 35.5 Å². The van der Waals surface area contributed by atoms with Crippen LogP contribution in [0.3, 0.4) is 0 Å². The molecule has 0 bridgehead atoms. The van der Waals surface area contributed by atoms with E-state index in [1.165, 1.54) is 0 Å². The molecule has 1 fully saturated rings. The van der Waals surface area contributed by atoms with Gasteiger partial charge in [-0.1, -0.05) is 6.08 Å².